The lowest BCUT2D eigenvalue weighted by molar-refractivity contribution is -0.136. The highest BCUT2D eigenvalue weighted by molar-refractivity contribution is 5.95. The van der Waals surface area contributed by atoms with Crippen LogP contribution in [0.15, 0.2) is 36.5 Å². The van der Waals surface area contributed by atoms with E-state index in [2.05, 4.69) is 10.4 Å². The minimum Gasteiger partial charge on any atom is -0.461 e. The molecule has 1 heterocycles. The number of rotatable bonds is 5. The third-order valence-corrected chi connectivity index (χ3v) is 5.87. The number of fused-ring (bicyclic) bond motifs is 2. The van der Waals surface area contributed by atoms with Crippen molar-refractivity contribution in [3.63, 3.8) is 0 Å². The van der Waals surface area contributed by atoms with E-state index in [0.717, 1.165) is 24.9 Å². The van der Waals surface area contributed by atoms with Crippen LogP contribution in [-0.2, 0) is 14.3 Å². The quantitative estimate of drug-likeness (QED) is 0.784. The van der Waals surface area contributed by atoms with Gasteiger partial charge in [0.15, 0.2) is 5.69 Å². The third kappa shape index (κ3) is 4.09. The van der Waals surface area contributed by atoms with Gasteiger partial charge in [-0.2, -0.15) is 5.10 Å². The number of hydrogen-bond donors (Lipinski definition) is 1. The van der Waals surface area contributed by atoms with Crippen LogP contribution in [0.4, 0.5) is 5.69 Å². The molecule has 2 aliphatic rings. The second kappa shape index (κ2) is 8.19. The molecule has 1 amide bonds. The lowest BCUT2D eigenvalue weighted by atomic mass is 9.67. The second-order valence-electron chi connectivity index (χ2n) is 7.80. The van der Waals surface area contributed by atoms with E-state index in [4.69, 9.17) is 4.74 Å². The second-order valence-corrected chi connectivity index (χ2v) is 7.80. The van der Waals surface area contributed by atoms with Gasteiger partial charge in [-0.3, -0.25) is 9.59 Å². The third-order valence-electron chi connectivity index (χ3n) is 5.87. The first-order valence-corrected chi connectivity index (χ1v) is 10.2. The number of carbonyl (C=O) groups is 3. The zero-order valence-corrected chi connectivity index (χ0v) is 16.5. The SMILES string of the molecule is CCOC(=O)c1ccn(-c2cccc(NC(=O)C3C[C@H]4CCC[C@@H](C3)C4=O)c2)n1. The fourth-order valence-corrected chi connectivity index (χ4v) is 4.45. The molecule has 152 valence electrons. The molecule has 7 heteroatoms. The van der Waals surface area contributed by atoms with Crippen molar-refractivity contribution in [1.29, 1.82) is 0 Å². The number of benzene rings is 1. The number of amides is 1. The summed E-state index contributed by atoms with van der Waals surface area (Å²) in [5.74, 6) is -0.151. The van der Waals surface area contributed by atoms with Crippen LogP contribution in [-0.4, -0.2) is 34.0 Å². The molecule has 2 aliphatic carbocycles. The van der Waals surface area contributed by atoms with Crippen LogP contribution in [0.1, 0.15) is 49.5 Å². The fraction of sp³-hybridized carbons (Fsp3) is 0.455. The van der Waals surface area contributed by atoms with E-state index < -0.39 is 5.97 Å². The van der Waals surface area contributed by atoms with Crippen molar-refractivity contribution >= 4 is 23.3 Å². The maximum absolute atomic E-state index is 12.8. The molecule has 1 aromatic heterocycles. The first-order chi connectivity index (χ1) is 14.0. The van der Waals surface area contributed by atoms with Gasteiger partial charge in [0.2, 0.25) is 5.91 Å². The summed E-state index contributed by atoms with van der Waals surface area (Å²) in [5, 5.41) is 7.24. The van der Waals surface area contributed by atoms with E-state index in [-0.39, 0.29) is 29.4 Å². The lowest BCUT2D eigenvalue weighted by Gasteiger charge is -2.36. The van der Waals surface area contributed by atoms with Gasteiger partial charge >= 0.3 is 5.97 Å². The van der Waals surface area contributed by atoms with Gasteiger partial charge in [0, 0.05) is 29.6 Å². The first kappa shape index (κ1) is 19.4. The molecule has 2 saturated carbocycles. The Hall–Kier alpha value is -2.96. The standard InChI is InChI=1S/C22H25N3O4/c1-2-29-22(28)19-9-10-25(24-19)18-8-4-7-17(13-18)23-21(27)16-11-14-5-3-6-15(12-16)20(14)26/h4,7-10,13-16H,2-3,5-6,11-12H2,1H3,(H,23,27)/t14-,15+,16?. The van der Waals surface area contributed by atoms with Gasteiger partial charge in [0.25, 0.3) is 0 Å². The maximum Gasteiger partial charge on any atom is 0.358 e. The van der Waals surface area contributed by atoms with E-state index in [9.17, 15) is 14.4 Å². The number of esters is 1. The van der Waals surface area contributed by atoms with Crippen LogP contribution in [0.3, 0.4) is 0 Å². The van der Waals surface area contributed by atoms with Crippen LogP contribution in [0.2, 0.25) is 0 Å². The molecule has 1 aromatic carbocycles. The lowest BCUT2D eigenvalue weighted by Crippen LogP contribution is -2.40. The van der Waals surface area contributed by atoms with Crippen molar-refractivity contribution in [2.75, 3.05) is 11.9 Å². The summed E-state index contributed by atoms with van der Waals surface area (Å²) in [6, 6.07) is 8.92. The monoisotopic (exact) mass is 395 g/mol. The first-order valence-electron chi connectivity index (χ1n) is 10.2. The van der Waals surface area contributed by atoms with Gasteiger partial charge in [-0.1, -0.05) is 12.5 Å². The van der Waals surface area contributed by atoms with Crippen molar-refractivity contribution in [2.45, 2.75) is 39.0 Å². The van der Waals surface area contributed by atoms with Gasteiger partial charge in [0.1, 0.15) is 5.78 Å². The van der Waals surface area contributed by atoms with Crippen molar-refractivity contribution < 1.29 is 19.1 Å². The Morgan fingerprint density at radius 3 is 2.69 bits per heavy atom. The van der Waals surface area contributed by atoms with Crippen molar-refractivity contribution in [3.8, 4) is 5.69 Å². The summed E-state index contributed by atoms with van der Waals surface area (Å²) in [5.41, 5.74) is 1.64. The van der Waals surface area contributed by atoms with Gasteiger partial charge in [-0.25, -0.2) is 9.48 Å². The molecule has 2 bridgehead atoms. The zero-order valence-electron chi connectivity index (χ0n) is 16.5. The minimum absolute atomic E-state index is 0.0285. The number of hydrogen-bond acceptors (Lipinski definition) is 5. The summed E-state index contributed by atoms with van der Waals surface area (Å²) in [4.78, 5) is 36.9. The Labute approximate surface area is 169 Å². The summed E-state index contributed by atoms with van der Waals surface area (Å²) < 4.78 is 6.54. The number of nitrogens with zero attached hydrogens (tertiary/aromatic N) is 2. The van der Waals surface area contributed by atoms with Crippen LogP contribution < -0.4 is 5.32 Å². The molecule has 1 N–H and O–H groups in total. The largest absolute Gasteiger partial charge is 0.461 e. The molecular formula is C22H25N3O4. The van der Waals surface area contributed by atoms with Gasteiger partial charge in [-0.15, -0.1) is 0 Å². The Morgan fingerprint density at radius 2 is 1.97 bits per heavy atom. The molecule has 0 radical (unpaired) electrons. The topological polar surface area (TPSA) is 90.3 Å². The number of carbonyl (C=O) groups excluding carboxylic acids is 3. The van der Waals surface area contributed by atoms with Crippen LogP contribution in [0, 0.1) is 17.8 Å². The molecule has 0 saturated heterocycles. The molecular weight excluding hydrogens is 370 g/mol. The molecule has 3 atom stereocenters. The zero-order chi connectivity index (χ0) is 20.4. The fourth-order valence-electron chi connectivity index (χ4n) is 4.45. The summed E-state index contributed by atoms with van der Waals surface area (Å²) >= 11 is 0. The summed E-state index contributed by atoms with van der Waals surface area (Å²) in [6.45, 7) is 2.04. The van der Waals surface area contributed by atoms with Crippen molar-refractivity contribution in [3.05, 3.63) is 42.2 Å². The van der Waals surface area contributed by atoms with Crippen LogP contribution in [0.25, 0.3) is 5.69 Å². The van der Waals surface area contributed by atoms with Gasteiger partial charge in [0.05, 0.1) is 12.3 Å². The molecule has 0 spiro atoms. The van der Waals surface area contributed by atoms with Crippen LogP contribution in [0.5, 0.6) is 0 Å². The van der Waals surface area contributed by atoms with Gasteiger partial charge in [-0.05, 0) is 56.9 Å². The Bertz CT molecular complexity index is 920. The maximum atomic E-state index is 12.8. The summed E-state index contributed by atoms with van der Waals surface area (Å²) in [6.07, 6.45) is 5.91. The van der Waals surface area contributed by atoms with E-state index in [1.807, 2.05) is 24.3 Å². The molecule has 2 fully saturated rings. The van der Waals surface area contributed by atoms with Crippen molar-refractivity contribution in [2.24, 2.45) is 17.8 Å². The number of Topliss-reactive ketones (excluding diaryl/α,β-unsaturated/α-hetero) is 1. The molecule has 7 nitrogen and oxygen atoms in total. The minimum atomic E-state index is -0.465. The van der Waals surface area contributed by atoms with E-state index >= 15 is 0 Å². The number of nitrogens with one attached hydrogen (secondary N) is 1. The highest BCUT2D eigenvalue weighted by atomic mass is 16.5. The molecule has 2 aromatic rings. The molecule has 29 heavy (non-hydrogen) atoms. The molecule has 0 aliphatic heterocycles. The smallest absolute Gasteiger partial charge is 0.358 e. The molecule has 4 rings (SSSR count). The van der Waals surface area contributed by atoms with Crippen molar-refractivity contribution in [1.82, 2.24) is 9.78 Å². The number of anilines is 1. The normalized spacial score (nSPS) is 23.5. The summed E-state index contributed by atoms with van der Waals surface area (Å²) in [7, 11) is 0. The van der Waals surface area contributed by atoms with Gasteiger partial charge < -0.3 is 10.1 Å². The Balaban J connectivity index is 1.45. The molecule has 1 unspecified atom stereocenters. The van der Waals surface area contributed by atoms with E-state index in [1.165, 1.54) is 0 Å². The highest BCUT2D eigenvalue weighted by Crippen LogP contribution is 2.40. The number of ketones is 1. The highest BCUT2D eigenvalue weighted by Gasteiger charge is 2.41. The number of aromatic nitrogens is 2. The average molecular weight is 395 g/mol. The van der Waals surface area contributed by atoms with E-state index in [0.29, 0.717) is 30.9 Å². The predicted octanol–water partition coefficient (Wildman–Crippen LogP) is 3.38. The Morgan fingerprint density at radius 1 is 1.21 bits per heavy atom. The van der Waals surface area contributed by atoms with Crippen LogP contribution >= 0.6 is 0 Å². The average Bonchev–Trinajstić information content (AvgIpc) is 3.18. The number of ether oxygens (including phenoxy) is 1. The van der Waals surface area contributed by atoms with E-state index in [1.54, 1.807) is 23.9 Å². The predicted molar refractivity (Wildman–Crippen MR) is 107 cm³/mol. The Kier molecular flexibility index (Phi) is 5.47.